The van der Waals surface area contributed by atoms with Gasteiger partial charge >= 0.3 is 0 Å². The van der Waals surface area contributed by atoms with Crippen molar-refractivity contribution < 1.29 is 0 Å². The smallest absolute Gasteiger partial charge is 0.0364 e. The van der Waals surface area contributed by atoms with Crippen molar-refractivity contribution in [3.8, 4) is 0 Å². The lowest BCUT2D eigenvalue weighted by molar-refractivity contribution is 0.105. The second-order valence-electron chi connectivity index (χ2n) is 6.77. The fourth-order valence-corrected chi connectivity index (χ4v) is 2.82. The summed E-state index contributed by atoms with van der Waals surface area (Å²) in [6.07, 6.45) is 3.61. The van der Waals surface area contributed by atoms with Crippen LogP contribution in [0.25, 0.3) is 0 Å². The molecular weight excluding hydrogens is 220 g/mol. The van der Waals surface area contributed by atoms with Crippen LogP contribution in [0.3, 0.4) is 0 Å². The van der Waals surface area contributed by atoms with Crippen LogP contribution in [0.2, 0.25) is 0 Å². The third kappa shape index (κ3) is 2.32. The van der Waals surface area contributed by atoms with Crippen molar-refractivity contribution in [2.75, 3.05) is 6.54 Å². The van der Waals surface area contributed by atoms with Crippen molar-refractivity contribution in [1.29, 1.82) is 0 Å². The summed E-state index contributed by atoms with van der Waals surface area (Å²) in [5.74, 6) is 0. The zero-order valence-corrected chi connectivity index (χ0v) is 11.9. The van der Waals surface area contributed by atoms with Gasteiger partial charge in [0, 0.05) is 11.5 Å². The largest absolute Gasteiger partial charge is 0.330 e. The summed E-state index contributed by atoms with van der Waals surface area (Å²) < 4.78 is 0. The van der Waals surface area contributed by atoms with Crippen molar-refractivity contribution in [3.05, 3.63) is 35.4 Å². The van der Waals surface area contributed by atoms with E-state index in [0.717, 1.165) is 0 Å². The van der Waals surface area contributed by atoms with E-state index in [4.69, 9.17) is 11.5 Å². The minimum atomic E-state index is 0.0882. The molecule has 18 heavy (non-hydrogen) atoms. The Bertz CT molecular complexity index is 391. The Labute approximate surface area is 111 Å². The molecule has 100 valence electrons. The van der Waals surface area contributed by atoms with Crippen LogP contribution >= 0.6 is 0 Å². The van der Waals surface area contributed by atoms with E-state index in [9.17, 15) is 0 Å². The van der Waals surface area contributed by atoms with Crippen LogP contribution in [0.5, 0.6) is 0 Å². The van der Waals surface area contributed by atoms with E-state index >= 15 is 0 Å². The summed E-state index contributed by atoms with van der Waals surface area (Å²) in [6, 6.07) is 8.86. The van der Waals surface area contributed by atoms with Crippen LogP contribution in [-0.2, 0) is 5.41 Å². The summed E-state index contributed by atoms with van der Waals surface area (Å²) >= 11 is 0. The van der Waals surface area contributed by atoms with E-state index in [2.05, 4.69) is 45.0 Å². The maximum Gasteiger partial charge on any atom is 0.0364 e. The molecule has 1 fully saturated rings. The molecular formula is C16H26N2. The number of rotatable bonds is 3. The molecule has 0 aromatic heterocycles. The van der Waals surface area contributed by atoms with Gasteiger partial charge in [-0.3, -0.25) is 0 Å². The van der Waals surface area contributed by atoms with Crippen LogP contribution in [-0.4, -0.2) is 6.54 Å². The summed E-state index contributed by atoms with van der Waals surface area (Å²) in [4.78, 5) is 0. The quantitative estimate of drug-likeness (QED) is 0.861. The maximum atomic E-state index is 6.42. The summed E-state index contributed by atoms with van der Waals surface area (Å²) in [5, 5.41) is 0. The Morgan fingerprint density at radius 3 is 2.06 bits per heavy atom. The molecule has 1 aliphatic carbocycles. The second-order valence-corrected chi connectivity index (χ2v) is 6.77. The van der Waals surface area contributed by atoms with Crippen molar-refractivity contribution in [1.82, 2.24) is 0 Å². The zero-order chi connectivity index (χ0) is 13.4. The Morgan fingerprint density at radius 2 is 1.72 bits per heavy atom. The van der Waals surface area contributed by atoms with E-state index in [1.54, 1.807) is 0 Å². The Hall–Kier alpha value is -0.860. The average Bonchev–Trinajstić information content (AvgIpc) is 2.27. The van der Waals surface area contributed by atoms with Crippen molar-refractivity contribution in [2.24, 2.45) is 16.9 Å². The maximum absolute atomic E-state index is 6.42. The lowest BCUT2D eigenvalue weighted by Crippen LogP contribution is -2.46. The van der Waals surface area contributed by atoms with Gasteiger partial charge < -0.3 is 11.5 Å². The van der Waals surface area contributed by atoms with Gasteiger partial charge in [0.25, 0.3) is 0 Å². The fraction of sp³-hybridized carbons (Fsp3) is 0.625. The van der Waals surface area contributed by atoms with Gasteiger partial charge in [-0.25, -0.2) is 0 Å². The first-order chi connectivity index (χ1) is 8.39. The molecule has 1 atom stereocenters. The molecule has 1 aromatic rings. The van der Waals surface area contributed by atoms with Gasteiger partial charge in [0.05, 0.1) is 0 Å². The van der Waals surface area contributed by atoms with Crippen LogP contribution in [0.4, 0.5) is 0 Å². The van der Waals surface area contributed by atoms with Gasteiger partial charge in [0.2, 0.25) is 0 Å². The van der Waals surface area contributed by atoms with Gasteiger partial charge in [-0.05, 0) is 35.9 Å². The molecule has 2 heteroatoms. The topological polar surface area (TPSA) is 52.0 Å². The van der Waals surface area contributed by atoms with Gasteiger partial charge in [-0.1, -0.05) is 51.5 Å². The highest BCUT2D eigenvalue weighted by Crippen LogP contribution is 2.48. The minimum Gasteiger partial charge on any atom is -0.330 e. The molecule has 0 radical (unpaired) electrons. The Morgan fingerprint density at radius 1 is 1.17 bits per heavy atom. The minimum absolute atomic E-state index is 0.0882. The van der Waals surface area contributed by atoms with E-state index in [1.807, 2.05) is 0 Å². The SMILES string of the molecule is CC(C)(C)c1ccc(C(N)C2(CN)CCC2)cc1. The fourth-order valence-electron chi connectivity index (χ4n) is 2.82. The molecule has 1 unspecified atom stereocenters. The lowest BCUT2D eigenvalue weighted by atomic mass is 9.62. The molecule has 1 aliphatic rings. The average molecular weight is 246 g/mol. The normalized spacial score (nSPS) is 20.3. The monoisotopic (exact) mass is 246 g/mol. The first-order valence-electron chi connectivity index (χ1n) is 6.95. The zero-order valence-electron chi connectivity index (χ0n) is 11.9. The van der Waals surface area contributed by atoms with Crippen LogP contribution < -0.4 is 11.5 Å². The van der Waals surface area contributed by atoms with Crippen LogP contribution in [0.15, 0.2) is 24.3 Å². The summed E-state index contributed by atoms with van der Waals surface area (Å²) in [7, 11) is 0. The van der Waals surface area contributed by atoms with Crippen molar-refractivity contribution in [2.45, 2.75) is 51.5 Å². The highest BCUT2D eigenvalue weighted by molar-refractivity contribution is 5.30. The van der Waals surface area contributed by atoms with Gasteiger partial charge in [-0.2, -0.15) is 0 Å². The van der Waals surface area contributed by atoms with E-state index in [0.29, 0.717) is 6.54 Å². The molecule has 0 spiro atoms. The summed E-state index contributed by atoms with van der Waals surface area (Å²) in [5.41, 5.74) is 15.3. The van der Waals surface area contributed by atoms with Gasteiger partial charge in [0.15, 0.2) is 0 Å². The number of benzene rings is 1. The number of hydrogen-bond donors (Lipinski definition) is 2. The molecule has 1 aromatic carbocycles. The molecule has 0 heterocycles. The number of hydrogen-bond acceptors (Lipinski definition) is 2. The Balaban J connectivity index is 2.19. The highest BCUT2D eigenvalue weighted by atomic mass is 14.8. The first-order valence-corrected chi connectivity index (χ1v) is 6.95. The van der Waals surface area contributed by atoms with Crippen molar-refractivity contribution >= 4 is 0 Å². The van der Waals surface area contributed by atoms with E-state index < -0.39 is 0 Å². The molecule has 2 nitrogen and oxygen atoms in total. The predicted molar refractivity (Wildman–Crippen MR) is 77.4 cm³/mol. The van der Waals surface area contributed by atoms with Crippen LogP contribution in [0, 0.1) is 5.41 Å². The second kappa shape index (κ2) is 4.67. The first kappa shape index (κ1) is 13.6. The molecule has 0 aliphatic heterocycles. The predicted octanol–water partition coefficient (Wildman–Crippen LogP) is 3.11. The molecule has 1 saturated carbocycles. The van der Waals surface area contributed by atoms with Crippen molar-refractivity contribution in [3.63, 3.8) is 0 Å². The van der Waals surface area contributed by atoms with E-state index in [-0.39, 0.29) is 16.9 Å². The standard InChI is InChI=1S/C16H26N2/c1-15(2,3)13-7-5-12(6-8-13)14(18)16(11-17)9-4-10-16/h5-8,14H,4,9-11,17-18H2,1-3H3. The Kier molecular flexibility index (Phi) is 3.52. The van der Waals surface area contributed by atoms with Gasteiger partial charge in [0.1, 0.15) is 0 Å². The lowest BCUT2D eigenvalue weighted by Gasteiger charge is -2.45. The molecule has 0 amide bonds. The van der Waals surface area contributed by atoms with E-state index in [1.165, 1.54) is 30.4 Å². The molecule has 0 saturated heterocycles. The third-order valence-corrected chi connectivity index (χ3v) is 4.55. The number of nitrogens with two attached hydrogens (primary N) is 2. The van der Waals surface area contributed by atoms with Gasteiger partial charge in [-0.15, -0.1) is 0 Å². The molecule has 0 bridgehead atoms. The molecule has 4 N–H and O–H groups in total. The highest BCUT2D eigenvalue weighted by Gasteiger charge is 2.41. The molecule has 2 rings (SSSR count). The summed E-state index contributed by atoms with van der Waals surface area (Å²) in [6.45, 7) is 7.40. The third-order valence-electron chi connectivity index (χ3n) is 4.55. The van der Waals surface area contributed by atoms with Crippen LogP contribution in [0.1, 0.15) is 57.2 Å².